The highest BCUT2D eigenvalue weighted by Crippen LogP contribution is 2.31. The number of hydrogen-bond acceptors (Lipinski definition) is 5. The molecule has 0 unspecified atom stereocenters. The molecule has 0 aliphatic heterocycles. The van der Waals surface area contributed by atoms with Gasteiger partial charge in [-0.25, -0.2) is 16.8 Å². The van der Waals surface area contributed by atoms with Gasteiger partial charge < -0.3 is 4.74 Å². The van der Waals surface area contributed by atoms with Crippen LogP contribution in [0.25, 0.3) is 0 Å². The third-order valence-corrected chi connectivity index (χ3v) is 5.35. The molecule has 2 aromatic rings. The standard InChI is InChI=1S/C14H15BrN2O5S2/c1-22-13-8-7-10(15)9-14(13)24(20,21)17-12-6-4-3-5-11(12)16-23(2,18)19/h3-9,16-17H,1-2H3. The fourth-order valence-electron chi connectivity index (χ4n) is 1.92. The van der Waals surface area contributed by atoms with E-state index >= 15 is 0 Å². The Balaban J connectivity index is 2.46. The summed E-state index contributed by atoms with van der Waals surface area (Å²) in [5, 5.41) is 0. The molecule has 0 saturated carbocycles. The number of rotatable bonds is 6. The molecule has 0 saturated heterocycles. The molecule has 24 heavy (non-hydrogen) atoms. The predicted octanol–water partition coefficient (Wildman–Crippen LogP) is 2.63. The van der Waals surface area contributed by atoms with Gasteiger partial charge in [-0.3, -0.25) is 9.44 Å². The molecule has 0 aliphatic carbocycles. The minimum Gasteiger partial charge on any atom is -0.495 e. The lowest BCUT2D eigenvalue weighted by Crippen LogP contribution is -2.17. The van der Waals surface area contributed by atoms with Crippen LogP contribution in [0.2, 0.25) is 0 Å². The number of para-hydroxylation sites is 2. The van der Waals surface area contributed by atoms with E-state index in [-0.39, 0.29) is 22.0 Å². The van der Waals surface area contributed by atoms with E-state index in [0.29, 0.717) is 4.47 Å². The molecule has 2 rings (SSSR count). The number of sulfonamides is 2. The fraction of sp³-hybridized carbons (Fsp3) is 0.143. The van der Waals surface area contributed by atoms with E-state index in [1.54, 1.807) is 18.2 Å². The topological polar surface area (TPSA) is 102 Å². The summed E-state index contributed by atoms with van der Waals surface area (Å²) in [6.07, 6.45) is 0.982. The van der Waals surface area contributed by atoms with Crippen molar-refractivity contribution in [3.63, 3.8) is 0 Å². The normalized spacial score (nSPS) is 11.8. The van der Waals surface area contributed by atoms with Crippen molar-refractivity contribution in [1.82, 2.24) is 0 Å². The maximum absolute atomic E-state index is 12.7. The first kappa shape index (κ1) is 18.6. The number of ether oxygens (including phenoxy) is 1. The Hall–Kier alpha value is -1.78. The van der Waals surface area contributed by atoms with Crippen LogP contribution in [0.5, 0.6) is 5.75 Å². The maximum atomic E-state index is 12.7. The van der Waals surface area contributed by atoms with Crippen LogP contribution >= 0.6 is 15.9 Å². The van der Waals surface area contributed by atoms with Crippen molar-refractivity contribution in [2.75, 3.05) is 22.8 Å². The SMILES string of the molecule is COc1ccc(Br)cc1S(=O)(=O)Nc1ccccc1NS(C)(=O)=O. The quantitative estimate of drug-likeness (QED) is 0.727. The van der Waals surface area contributed by atoms with E-state index in [9.17, 15) is 16.8 Å². The number of anilines is 2. The van der Waals surface area contributed by atoms with Crippen molar-refractivity contribution >= 4 is 47.4 Å². The summed E-state index contributed by atoms with van der Waals surface area (Å²) in [5.41, 5.74) is 0.225. The van der Waals surface area contributed by atoms with Crippen LogP contribution in [-0.4, -0.2) is 30.2 Å². The van der Waals surface area contributed by atoms with Crippen LogP contribution in [0, 0.1) is 0 Å². The summed E-state index contributed by atoms with van der Waals surface area (Å²) >= 11 is 3.22. The van der Waals surface area contributed by atoms with Gasteiger partial charge in [0.25, 0.3) is 10.0 Å². The van der Waals surface area contributed by atoms with Crippen LogP contribution in [0.1, 0.15) is 0 Å². The van der Waals surface area contributed by atoms with Crippen LogP contribution in [0.3, 0.4) is 0 Å². The molecule has 0 atom stereocenters. The molecule has 130 valence electrons. The van der Waals surface area contributed by atoms with Gasteiger partial charge in [-0.2, -0.15) is 0 Å². The molecule has 0 aromatic heterocycles. The molecule has 0 bridgehead atoms. The van der Waals surface area contributed by atoms with Crippen LogP contribution in [-0.2, 0) is 20.0 Å². The van der Waals surface area contributed by atoms with Crippen molar-refractivity contribution in [3.05, 3.63) is 46.9 Å². The Kier molecular flexibility index (Phi) is 5.41. The smallest absolute Gasteiger partial charge is 0.265 e. The number of halogens is 1. The summed E-state index contributed by atoms with van der Waals surface area (Å²) < 4.78 is 58.4. The number of methoxy groups -OCH3 is 1. The van der Waals surface area contributed by atoms with Gasteiger partial charge in [0.05, 0.1) is 24.7 Å². The van der Waals surface area contributed by atoms with Crippen molar-refractivity contribution in [2.24, 2.45) is 0 Å². The van der Waals surface area contributed by atoms with Crippen molar-refractivity contribution < 1.29 is 21.6 Å². The van der Waals surface area contributed by atoms with Gasteiger partial charge in [-0.1, -0.05) is 28.1 Å². The Morgan fingerprint density at radius 3 is 2.08 bits per heavy atom. The van der Waals surface area contributed by atoms with E-state index in [4.69, 9.17) is 4.74 Å². The predicted molar refractivity (Wildman–Crippen MR) is 96.4 cm³/mol. The minimum atomic E-state index is -4.00. The van der Waals surface area contributed by atoms with Gasteiger partial charge in [-0.15, -0.1) is 0 Å². The first-order valence-electron chi connectivity index (χ1n) is 6.55. The number of nitrogens with one attached hydrogen (secondary N) is 2. The second kappa shape index (κ2) is 6.99. The summed E-state index contributed by atoms with van der Waals surface area (Å²) in [6.45, 7) is 0. The highest BCUT2D eigenvalue weighted by molar-refractivity contribution is 9.10. The third kappa shape index (κ3) is 4.62. The largest absolute Gasteiger partial charge is 0.495 e. The zero-order valence-corrected chi connectivity index (χ0v) is 16.0. The van der Waals surface area contributed by atoms with E-state index < -0.39 is 20.0 Å². The molecule has 0 aliphatic rings. The Morgan fingerprint density at radius 1 is 0.958 bits per heavy atom. The average Bonchev–Trinajstić information content (AvgIpc) is 2.47. The maximum Gasteiger partial charge on any atom is 0.265 e. The molecule has 2 N–H and O–H groups in total. The number of benzene rings is 2. The molecular weight excluding hydrogens is 420 g/mol. The van der Waals surface area contributed by atoms with Gasteiger partial charge in [0, 0.05) is 4.47 Å². The summed E-state index contributed by atoms with van der Waals surface area (Å²) in [5.74, 6) is 0.166. The number of hydrogen-bond donors (Lipinski definition) is 2. The monoisotopic (exact) mass is 434 g/mol. The van der Waals surface area contributed by atoms with Crippen LogP contribution in [0.4, 0.5) is 11.4 Å². The van der Waals surface area contributed by atoms with Gasteiger partial charge in [-0.05, 0) is 30.3 Å². The fourth-order valence-corrected chi connectivity index (χ4v) is 4.29. The molecule has 0 radical (unpaired) electrons. The molecule has 2 aromatic carbocycles. The lowest BCUT2D eigenvalue weighted by Gasteiger charge is -2.15. The summed E-state index contributed by atoms with van der Waals surface area (Å²) in [7, 11) is -6.19. The Morgan fingerprint density at radius 2 is 1.54 bits per heavy atom. The molecule has 0 spiro atoms. The second-order valence-corrected chi connectivity index (χ2v) is 9.14. The first-order valence-corrected chi connectivity index (χ1v) is 10.7. The van der Waals surface area contributed by atoms with E-state index in [1.165, 1.54) is 31.4 Å². The molecule has 10 heteroatoms. The van der Waals surface area contributed by atoms with Crippen LogP contribution in [0.15, 0.2) is 51.8 Å². The zero-order chi connectivity index (χ0) is 18.0. The van der Waals surface area contributed by atoms with E-state index in [2.05, 4.69) is 25.4 Å². The lowest BCUT2D eigenvalue weighted by molar-refractivity contribution is 0.403. The van der Waals surface area contributed by atoms with Crippen molar-refractivity contribution in [1.29, 1.82) is 0 Å². The Bertz CT molecular complexity index is 959. The third-order valence-electron chi connectivity index (χ3n) is 2.88. The summed E-state index contributed by atoms with van der Waals surface area (Å²) in [6, 6.07) is 10.6. The summed E-state index contributed by atoms with van der Waals surface area (Å²) in [4.78, 5) is -0.0754. The van der Waals surface area contributed by atoms with Gasteiger partial charge in [0.1, 0.15) is 10.6 Å². The van der Waals surface area contributed by atoms with E-state index in [0.717, 1.165) is 6.26 Å². The molecule has 0 amide bonds. The van der Waals surface area contributed by atoms with E-state index in [1.807, 2.05) is 0 Å². The minimum absolute atomic E-state index is 0.0754. The van der Waals surface area contributed by atoms with Crippen molar-refractivity contribution in [2.45, 2.75) is 4.90 Å². The van der Waals surface area contributed by atoms with Crippen molar-refractivity contribution in [3.8, 4) is 5.75 Å². The first-order chi connectivity index (χ1) is 11.1. The van der Waals surface area contributed by atoms with Gasteiger partial charge in [0.15, 0.2) is 0 Å². The molecule has 7 nitrogen and oxygen atoms in total. The second-order valence-electron chi connectivity index (χ2n) is 4.82. The highest BCUT2D eigenvalue weighted by atomic mass is 79.9. The van der Waals surface area contributed by atoms with Crippen LogP contribution < -0.4 is 14.2 Å². The molecule has 0 fully saturated rings. The lowest BCUT2D eigenvalue weighted by atomic mass is 10.3. The van der Waals surface area contributed by atoms with Gasteiger partial charge >= 0.3 is 0 Å². The Labute approximate surface area is 149 Å². The van der Waals surface area contributed by atoms with Gasteiger partial charge in [0.2, 0.25) is 10.0 Å². The zero-order valence-electron chi connectivity index (χ0n) is 12.8. The molecular formula is C14H15BrN2O5S2. The highest BCUT2D eigenvalue weighted by Gasteiger charge is 2.21. The average molecular weight is 435 g/mol. The molecule has 0 heterocycles.